The lowest BCUT2D eigenvalue weighted by molar-refractivity contribution is -0.145. The largest absolute Gasteiger partial charge is 0.493 e. The highest BCUT2D eigenvalue weighted by Crippen LogP contribution is 2.23. The molecule has 8 nitrogen and oxygen atoms in total. The first-order chi connectivity index (χ1) is 18.9. The Balaban J connectivity index is 1.73. The molecule has 3 rings (SSSR count). The van der Waals surface area contributed by atoms with E-state index in [1.807, 2.05) is 19.1 Å². The van der Waals surface area contributed by atoms with Crippen LogP contribution in [-0.2, 0) is 19.1 Å². The summed E-state index contributed by atoms with van der Waals surface area (Å²) in [4.78, 5) is 50.4. The Morgan fingerprint density at radius 1 is 0.846 bits per heavy atom. The fourth-order valence-corrected chi connectivity index (χ4v) is 4.16. The summed E-state index contributed by atoms with van der Waals surface area (Å²) in [6, 6.07) is 22.7. The molecule has 0 aromatic heterocycles. The number of ketones is 1. The molecule has 0 saturated carbocycles. The Morgan fingerprint density at radius 2 is 1.54 bits per heavy atom. The van der Waals surface area contributed by atoms with Crippen molar-refractivity contribution in [3.8, 4) is 5.75 Å². The van der Waals surface area contributed by atoms with Gasteiger partial charge in [0.05, 0.1) is 19.0 Å². The molecule has 3 aromatic carbocycles. The van der Waals surface area contributed by atoms with Crippen LogP contribution in [0.5, 0.6) is 5.75 Å². The highest BCUT2D eigenvalue weighted by molar-refractivity contribution is 8.00. The number of hydrogen-bond acceptors (Lipinski definition) is 7. The summed E-state index contributed by atoms with van der Waals surface area (Å²) in [6.07, 6.45) is 1.31. The minimum Gasteiger partial charge on any atom is -0.493 e. The van der Waals surface area contributed by atoms with Crippen LogP contribution >= 0.6 is 11.8 Å². The second-order valence-electron chi connectivity index (χ2n) is 8.14. The molecule has 3 aromatic rings. The molecule has 0 saturated heterocycles. The van der Waals surface area contributed by atoms with Crippen molar-refractivity contribution in [1.29, 1.82) is 0 Å². The molecular weight excluding hydrogens is 516 g/mol. The molecule has 0 fully saturated rings. The summed E-state index contributed by atoms with van der Waals surface area (Å²) in [5.41, 5.74) is 1.59. The van der Waals surface area contributed by atoms with Crippen LogP contribution in [0.4, 0.5) is 5.69 Å². The quantitative estimate of drug-likeness (QED) is 0.133. The van der Waals surface area contributed by atoms with Crippen LogP contribution < -0.4 is 15.4 Å². The van der Waals surface area contributed by atoms with Gasteiger partial charge in [-0.2, -0.15) is 0 Å². The van der Waals surface area contributed by atoms with Crippen LogP contribution in [0, 0.1) is 0 Å². The minimum atomic E-state index is -0.534. The van der Waals surface area contributed by atoms with Gasteiger partial charge in [0.25, 0.3) is 11.8 Å². The molecule has 2 N–H and O–H groups in total. The van der Waals surface area contributed by atoms with Gasteiger partial charge in [0, 0.05) is 21.7 Å². The molecule has 0 bridgehead atoms. The van der Waals surface area contributed by atoms with Gasteiger partial charge >= 0.3 is 5.97 Å². The van der Waals surface area contributed by atoms with Crippen molar-refractivity contribution >= 4 is 47.1 Å². The number of nitrogens with one attached hydrogen (secondary N) is 2. The van der Waals surface area contributed by atoms with Crippen molar-refractivity contribution in [2.45, 2.75) is 25.2 Å². The Bertz CT molecular complexity index is 1320. The molecule has 0 aliphatic carbocycles. The van der Waals surface area contributed by atoms with Crippen molar-refractivity contribution < 1.29 is 28.7 Å². The molecule has 0 unspecified atom stereocenters. The van der Waals surface area contributed by atoms with Gasteiger partial charge in [-0.25, -0.2) is 0 Å². The van der Waals surface area contributed by atoms with Gasteiger partial charge in [0.1, 0.15) is 17.9 Å². The lowest BCUT2D eigenvalue weighted by Gasteiger charge is -2.13. The molecule has 0 aliphatic heterocycles. The number of Topliss-reactive ketones (excluding diaryl/α,β-unsaturated/α-hetero) is 1. The third kappa shape index (κ3) is 9.46. The summed E-state index contributed by atoms with van der Waals surface area (Å²) in [5.74, 6) is -0.999. The van der Waals surface area contributed by atoms with E-state index in [0.29, 0.717) is 29.2 Å². The maximum Gasteiger partial charge on any atom is 0.313 e. The first-order valence-electron chi connectivity index (χ1n) is 12.4. The van der Waals surface area contributed by atoms with Crippen molar-refractivity contribution in [1.82, 2.24) is 5.32 Å². The number of carbonyl (C=O) groups excluding carboxylic acids is 4. The number of thioether (sulfide) groups is 1. The zero-order valence-electron chi connectivity index (χ0n) is 21.8. The molecule has 39 heavy (non-hydrogen) atoms. The molecule has 0 radical (unpaired) electrons. The standard InChI is InChI=1S/C30H30N2O6S/c1-3-37-27-13-9-8-12-22(27)18-26(32-29(35)21-10-6-5-7-11-21)30(36)31-23-14-16-25(17-15-23)39-20-24(33)19-28(34)38-4-2/h5-18H,3-4,19-20H2,1-2H3,(H,31,36)(H,32,35)/b26-18-. The monoisotopic (exact) mass is 546 g/mol. The Labute approximate surface area is 231 Å². The first-order valence-corrected chi connectivity index (χ1v) is 13.4. The maximum absolute atomic E-state index is 13.3. The Morgan fingerprint density at radius 3 is 2.23 bits per heavy atom. The SMILES string of the molecule is CCOC(=O)CC(=O)CSc1ccc(NC(=O)/C(=C/c2ccccc2OCC)NC(=O)c2ccccc2)cc1. The summed E-state index contributed by atoms with van der Waals surface area (Å²) >= 11 is 1.28. The van der Waals surface area contributed by atoms with Gasteiger partial charge in [0.2, 0.25) is 0 Å². The smallest absolute Gasteiger partial charge is 0.313 e. The number of carbonyl (C=O) groups is 4. The topological polar surface area (TPSA) is 111 Å². The predicted octanol–water partition coefficient (Wildman–Crippen LogP) is 5.11. The first kappa shape index (κ1) is 29.2. The molecule has 9 heteroatoms. The van der Waals surface area contributed by atoms with Gasteiger partial charge in [0.15, 0.2) is 5.78 Å². The van der Waals surface area contributed by atoms with E-state index in [4.69, 9.17) is 9.47 Å². The Kier molecular flexibility index (Phi) is 11.3. The molecule has 0 atom stereocenters. The fraction of sp³-hybridized carbons (Fsp3) is 0.200. The van der Waals surface area contributed by atoms with Gasteiger partial charge in [-0.15, -0.1) is 11.8 Å². The lowest BCUT2D eigenvalue weighted by Crippen LogP contribution is -2.30. The van der Waals surface area contributed by atoms with Crippen molar-refractivity contribution in [2.75, 3.05) is 24.3 Å². The number of hydrogen-bond donors (Lipinski definition) is 2. The average molecular weight is 547 g/mol. The third-order valence-corrected chi connectivity index (χ3v) is 6.28. The molecular formula is C30H30N2O6S. The fourth-order valence-electron chi connectivity index (χ4n) is 3.41. The van der Waals surface area contributed by atoms with E-state index in [9.17, 15) is 19.2 Å². The summed E-state index contributed by atoms with van der Waals surface area (Å²) in [5, 5.41) is 5.52. The second kappa shape index (κ2) is 15.1. The maximum atomic E-state index is 13.3. The van der Waals surface area contributed by atoms with E-state index < -0.39 is 17.8 Å². The third-order valence-electron chi connectivity index (χ3n) is 5.21. The highest BCUT2D eigenvalue weighted by Gasteiger charge is 2.16. The van der Waals surface area contributed by atoms with Crippen LogP contribution in [0.2, 0.25) is 0 Å². The summed E-state index contributed by atoms with van der Waals surface area (Å²) in [6.45, 7) is 4.23. The number of benzene rings is 3. The van der Waals surface area contributed by atoms with Crippen molar-refractivity contribution in [3.63, 3.8) is 0 Å². The minimum absolute atomic E-state index is 0.0408. The van der Waals surface area contributed by atoms with E-state index in [0.717, 1.165) is 4.90 Å². The van der Waals surface area contributed by atoms with Crippen LogP contribution in [0.3, 0.4) is 0 Å². The number of ether oxygens (including phenoxy) is 2. The summed E-state index contributed by atoms with van der Waals surface area (Å²) in [7, 11) is 0. The predicted molar refractivity (Wildman–Crippen MR) is 152 cm³/mol. The van der Waals surface area contributed by atoms with Crippen LogP contribution in [0.15, 0.2) is 89.5 Å². The number of para-hydroxylation sites is 1. The van der Waals surface area contributed by atoms with Crippen LogP contribution in [-0.4, -0.2) is 42.5 Å². The van der Waals surface area contributed by atoms with E-state index in [-0.39, 0.29) is 30.3 Å². The number of amides is 2. The van der Waals surface area contributed by atoms with Crippen LogP contribution in [0.1, 0.15) is 36.2 Å². The highest BCUT2D eigenvalue weighted by atomic mass is 32.2. The van der Waals surface area contributed by atoms with Gasteiger partial charge < -0.3 is 20.1 Å². The summed E-state index contributed by atoms with van der Waals surface area (Å²) < 4.78 is 10.5. The molecule has 0 heterocycles. The average Bonchev–Trinajstić information content (AvgIpc) is 2.94. The number of esters is 1. The number of anilines is 1. The lowest BCUT2D eigenvalue weighted by atomic mass is 10.1. The second-order valence-corrected chi connectivity index (χ2v) is 9.19. The normalized spacial score (nSPS) is 10.9. The van der Waals surface area contributed by atoms with E-state index >= 15 is 0 Å². The van der Waals surface area contributed by atoms with E-state index in [1.54, 1.807) is 79.7 Å². The van der Waals surface area contributed by atoms with E-state index in [2.05, 4.69) is 10.6 Å². The molecule has 0 spiro atoms. The molecule has 202 valence electrons. The van der Waals surface area contributed by atoms with E-state index in [1.165, 1.54) is 11.8 Å². The van der Waals surface area contributed by atoms with Crippen molar-refractivity contribution in [3.05, 3.63) is 95.7 Å². The number of rotatable bonds is 13. The molecule has 0 aliphatic rings. The zero-order chi connectivity index (χ0) is 28.0. The van der Waals surface area contributed by atoms with Gasteiger partial charge in [-0.3, -0.25) is 19.2 Å². The Hall–Kier alpha value is -4.37. The van der Waals surface area contributed by atoms with Gasteiger partial charge in [-0.1, -0.05) is 36.4 Å². The molecule has 2 amide bonds. The van der Waals surface area contributed by atoms with Gasteiger partial charge in [-0.05, 0) is 62.4 Å². The van der Waals surface area contributed by atoms with Crippen molar-refractivity contribution in [2.24, 2.45) is 0 Å². The van der Waals surface area contributed by atoms with Crippen LogP contribution in [0.25, 0.3) is 6.08 Å². The zero-order valence-corrected chi connectivity index (χ0v) is 22.6.